The number of piperazine rings is 1. The van der Waals surface area contributed by atoms with Crippen molar-refractivity contribution in [3.8, 4) is 5.75 Å². The molecule has 0 aromatic heterocycles. The molecule has 3 rings (SSSR count). The van der Waals surface area contributed by atoms with Gasteiger partial charge in [-0.25, -0.2) is 8.42 Å². The molecule has 0 saturated carbocycles. The third-order valence-corrected chi connectivity index (χ3v) is 7.25. The molecule has 1 aliphatic rings. The summed E-state index contributed by atoms with van der Waals surface area (Å²) in [6, 6.07) is 14.4. The minimum atomic E-state index is -3.38. The van der Waals surface area contributed by atoms with Gasteiger partial charge in [-0.2, -0.15) is 4.31 Å². The van der Waals surface area contributed by atoms with E-state index in [2.05, 4.69) is 5.32 Å². The van der Waals surface area contributed by atoms with Gasteiger partial charge >= 0.3 is 0 Å². The van der Waals surface area contributed by atoms with Crippen molar-refractivity contribution in [1.29, 1.82) is 0 Å². The Kier molecular flexibility index (Phi) is 7.12. The van der Waals surface area contributed by atoms with E-state index in [4.69, 9.17) is 4.74 Å². The molecule has 162 valence electrons. The molecular formula is C22H29N3O4S. The normalized spacial score (nSPS) is 16.8. The van der Waals surface area contributed by atoms with Gasteiger partial charge in [-0.05, 0) is 37.1 Å². The van der Waals surface area contributed by atoms with E-state index >= 15 is 0 Å². The first-order valence-corrected chi connectivity index (χ1v) is 11.6. The standard InChI is InChI=1S/C22H29N3O4S/c1-17-9-10-21(29-3)20(15-17)23-22(26)18(2)24-11-13-25(14-12-24)30(27,28)16-19-7-5-4-6-8-19/h4-10,15,18H,11-14,16H2,1-3H3,(H,23,26). The summed E-state index contributed by atoms with van der Waals surface area (Å²) in [5, 5.41) is 2.94. The van der Waals surface area contributed by atoms with Gasteiger partial charge in [0.15, 0.2) is 0 Å². The Bertz CT molecular complexity index is 971. The number of methoxy groups -OCH3 is 1. The maximum absolute atomic E-state index is 12.8. The maximum atomic E-state index is 12.8. The maximum Gasteiger partial charge on any atom is 0.241 e. The minimum Gasteiger partial charge on any atom is -0.495 e. The van der Waals surface area contributed by atoms with Crippen LogP contribution in [-0.4, -0.2) is 62.9 Å². The summed E-state index contributed by atoms with van der Waals surface area (Å²) in [5.41, 5.74) is 2.44. The number of benzene rings is 2. The Labute approximate surface area is 178 Å². The molecular weight excluding hydrogens is 402 g/mol. The summed E-state index contributed by atoms with van der Waals surface area (Å²) in [7, 11) is -1.81. The van der Waals surface area contributed by atoms with E-state index in [9.17, 15) is 13.2 Å². The van der Waals surface area contributed by atoms with Crippen LogP contribution in [0.25, 0.3) is 0 Å². The van der Waals surface area contributed by atoms with E-state index in [1.165, 1.54) is 4.31 Å². The van der Waals surface area contributed by atoms with Crippen molar-refractivity contribution in [3.05, 3.63) is 59.7 Å². The monoisotopic (exact) mass is 431 g/mol. The van der Waals surface area contributed by atoms with Crippen LogP contribution in [0.2, 0.25) is 0 Å². The van der Waals surface area contributed by atoms with Gasteiger partial charge in [0, 0.05) is 26.2 Å². The molecule has 1 heterocycles. The lowest BCUT2D eigenvalue weighted by Crippen LogP contribution is -2.54. The molecule has 1 fully saturated rings. The number of nitrogens with zero attached hydrogens (tertiary/aromatic N) is 2. The zero-order chi connectivity index (χ0) is 21.7. The molecule has 0 bridgehead atoms. The predicted octanol–water partition coefficient (Wildman–Crippen LogP) is 2.48. The van der Waals surface area contributed by atoms with Crippen molar-refractivity contribution in [2.24, 2.45) is 0 Å². The predicted molar refractivity (Wildman–Crippen MR) is 118 cm³/mol. The van der Waals surface area contributed by atoms with Crippen molar-refractivity contribution >= 4 is 21.6 Å². The number of nitrogens with one attached hydrogen (secondary N) is 1. The van der Waals surface area contributed by atoms with Crippen molar-refractivity contribution in [2.45, 2.75) is 25.6 Å². The average molecular weight is 432 g/mol. The van der Waals surface area contributed by atoms with E-state index in [0.29, 0.717) is 37.6 Å². The summed E-state index contributed by atoms with van der Waals surface area (Å²) in [6.45, 7) is 5.56. The molecule has 1 N–H and O–H groups in total. The summed E-state index contributed by atoms with van der Waals surface area (Å²) in [6.07, 6.45) is 0. The topological polar surface area (TPSA) is 79.0 Å². The van der Waals surface area contributed by atoms with Crippen LogP contribution in [0.4, 0.5) is 5.69 Å². The quantitative estimate of drug-likeness (QED) is 0.729. The minimum absolute atomic E-state index is 0.00294. The van der Waals surface area contributed by atoms with Crippen molar-refractivity contribution < 1.29 is 17.9 Å². The molecule has 2 aromatic rings. The second-order valence-electron chi connectivity index (χ2n) is 7.55. The van der Waals surface area contributed by atoms with Crippen LogP contribution in [0, 0.1) is 6.92 Å². The first-order valence-electron chi connectivity index (χ1n) is 10.0. The van der Waals surface area contributed by atoms with Gasteiger partial charge < -0.3 is 10.1 Å². The van der Waals surface area contributed by atoms with Crippen molar-refractivity contribution in [3.63, 3.8) is 0 Å². The summed E-state index contributed by atoms with van der Waals surface area (Å²) in [4.78, 5) is 14.8. The van der Waals surface area contributed by atoms with Crippen LogP contribution in [0.3, 0.4) is 0 Å². The zero-order valence-electron chi connectivity index (χ0n) is 17.7. The molecule has 0 spiro atoms. The van der Waals surface area contributed by atoms with Crippen LogP contribution in [-0.2, 0) is 20.6 Å². The smallest absolute Gasteiger partial charge is 0.241 e. The van der Waals surface area contributed by atoms with Crippen LogP contribution in [0.1, 0.15) is 18.1 Å². The Balaban J connectivity index is 1.58. The second kappa shape index (κ2) is 9.59. The number of carbonyl (C=O) groups excluding carboxylic acids is 1. The molecule has 1 aliphatic heterocycles. The van der Waals surface area contributed by atoms with E-state index < -0.39 is 10.0 Å². The summed E-state index contributed by atoms with van der Waals surface area (Å²) in [5.74, 6) is 0.467. The third kappa shape index (κ3) is 5.38. The van der Waals surface area contributed by atoms with Gasteiger partial charge in [-0.3, -0.25) is 9.69 Å². The highest BCUT2D eigenvalue weighted by Gasteiger charge is 2.31. The Hall–Kier alpha value is -2.42. The number of hydrogen-bond donors (Lipinski definition) is 1. The molecule has 2 aromatic carbocycles. The highest BCUT2D eigenvalue weighted by Crippen LogP contribution is 2.25. The van der Waals surface area contributed by atoms with Gasteiger partial charge in [0.25, 0.3) is 0 Å². The van der Waals surface area contributed by atoms with Crippen molar-refractivity contribution in [2.75, 3.05) is 38.6 Å². The van der Waals surface area contributed by atoms with Gasteiger partial charge in [0.05, 0.1) is 24.6 Å². The molecule has 1 atom stereocenters. The second-order valence-corrected chi connectivity index (χ2v) is 9.51. The van der Waals surface area contributed by atoms with Gasteiger partial charge in [-0.15, -0.1) is 0 Å². The molecule has 0 aliphatic carbocycles. The van der Waals surface area contributed by atoms with Crippen LogP contribution >= 0.6 is 0 Å². The number of amides is 1. The number of carbonyl (C=O) groups is 1. The van der Waals surface area contributed by atoms with Crippen molar-refractivity contribution in [1.82, 2.24) is 9.21 Å². The first kappa shape index (κ1) is 22.3. The molecule has 30 heavy (non-hydrogen) atoms. The highest BCUT2D eigenvalue weighted by molar-refractivity contribution is 7.88. The number of ether oxygens (including phenoxy) is 1. The summed E-state index contributed by atoms with van der Waals surface area (Å²) < 4.78 is 32.3. The molecule has 0 radical (unpaired) electrons. The number of sulfonamides is 1. The lowest BCUT2D eigenvalue weighted by molar-refractivity contribution is -0.121. The fraction of sp³-hybridized carbons (Fsp3) is 0.409. The first-order chi connectivity index (χ1) is 14.3. The van der Waals surface area contributed by atoms with E-state index in [0.717, 1.165) is 11.1 Å². The Morgan fingerprint density at radius 3 is 2.40 bits per heavy atom. The Morgan fingerprint density at radius 2 is 1.77 bits per heavy atom. The highest BCUT2D eigenvalue weighted by atomic mass is 32.2. The zero-order valence-corrected chi connectivity index (χ0v) is 18.5. The summed E-state index contributed by atoms with van der Waals surface area (Å²) >= 11 is 0. The number of anilines is 1. The average Bonchev–Trinajstić information content (AvgIpc) is 2.74. The number of rotatable bonds is 7. The molecule has 1 unspecified atom stereocenters. The van der Waals surface area contributed by atoms with Crippen LogP contribution in [0.15, 0.2) is 48.5 Å². The lowest BCUT2D eigenvalue weighted by Gasteiger charge is -2.36. The largest absolute Gasteiger partial charge is 0.495 e. The third-order valence-electron chi connectivity index (χ3n) is 5.40. The molecule has 7 nitrogen and oxygen atoms in total. The number of hydrogen-bond acceptors (Lipinski definition) is 5. The molecule has 1 amide bonds. The fourth-order valence-corrected chi connectivity index (χ4v) is 5.08. The SMILES string of the molecule is COc1ccc(C)cc1NC(=O)C(C)N1CCN(S(=O)(=O)Cc2ccccc2)CC1. The lowest BCUT2D eigenvalue weighted by atomic mass is 10.2. The Morgan fingerprint density at radius 1 is 1.10 bits per heavy atom. The van der Waals surface area contributed by atoms with Gasteiger partial charge in [-0.1, -0.05) is 36.4 Å². The number of aryl methyl sites for hydroxylation is 1. The van der Waals surface area contributed by atoms with Gasteiger partial charge in [0.2, 0.25) is 15.9 Å². The molecule has 1 saturated heterocycles. The van der Waals surface area contributed by atoms with E-state index in [-0.39, 0.29) is 17.7 Å². The van der Waals surface area contributed by atoms with Gasteiger partial charge in [0.1, 0.15) is 5.75 Å². The molecule has 8 heteroatoms. The fourth-order valence-electron chi connectivity index (χ4n) is 3.57. The van der Waals surface area contributed by atoms with Crippen LogP contribution in [0.5, 0.6) is 5.75 Å². The van der Waals surface area contributed by atoms with E-state index in [1.807, 2.05) is 67.3 Å². The van der Waals surface area contributed by atoms with Crippen LogP contribution < -0.4 is 10.1 Å². The van der Waals surface area contributed by atoms with E-state index in [1.54, 1.807) is 7.11 Å².